The largest absolute Gasteiger partial charge is 0.508 e. The number of phenols is 1. The van der Waals surface area contributed by atoms with Crippen molar-refractivity contribution in [2.45, 2.75) is 42.6 Å². The van der Waals surface area contributed by atoms with Crippen molar-refractivity contribution >= 4 is 76.5 Å². The SMILES string of the molecule is CC(=O)Oc1ccc(C(=O)N(C)C(=O)NC(C(=O)NC2C(=O)N3C(C(=O)O)=C(CSc4nnc(C)s4)CS[C@@H]23)c2ccc(O)cc2)cc1OC(C)=O. The van der Waals surface area contributed by atoms with Crippen LogP contribution in [0.15, 0.2) is 58.1 Å². The van der Waals surface area contributed by atoms with E-state index in [1.54, 1.807) is 6.92 Å². The first-order valence-corrected chi connectivity index (χ1v) is 18.0. The number of aromatic nitrogens is 2. The number of esters is 2. The van der Waals surface area contributed by atoms with Gasteiger partial charge in [-0.1, -0.05) is 35.2 Å². The van der Waals surface area contributed by atoms with Crippen molar-refractivity contribution in [2.75, 3.05) is 18.6 Å². The Morgan fingerprint density at radius 2 is 1.71 bits per heavy atom. The second-order valence-electron chi connectivity index (χ2n) is 11.2. The molecule has 272 valence electrons. The minimum absolute atomic E-state index is 0.131. The van der Waals surface area contributed by atoms with Gasteiger partial charge in [0.15, 0.2) is 15.8 Å². The molecule has 5 amide bonds. The third kappa shape index (κ3) is 8.35. The molecule has 2 aromatic carbocycles. The Balaban J connectivity index is 1.32. The van der Waals surface area contributed by atoms with Crippen LogP contribution in [0.3, 0.4) is 0 Å². The second-order valence-corrected chi connectivity index (χ2v) is 14.7. The number of β-lactam (4-membered cyclic amide) rings is 1. The predicted molar refractivity (Wildman–Crippen MR) is 186 cm³/mol. The zero-order valence-corrected chi connectivity index (χ0v) is 30.2. The van der Waals surface area contributed by atoms with Gasteiger partial charge in [0.05, 0.1) is 0 Å². The average Bonchev–Trinajstić information content (AvgIpc) is 3.52. The fourth-order valence-electron chi connectivity index (χ4n) is 5.10. The van der Waals surface area contributed by atoms with Gasteiger partial charge in [0.1, 0.15) is 33.9 Å². The molecule has 4 N–H and O–H groups in total. The number of amides is 5. The number of nitrogens with one attached hydrogen (secondary N) is 2. The van der Waals surface area contributed by atoms with E-state index in [-0.39, 0.29) is 45.6 Å². The number of thioether (sulfide) groups is 2. The van der Waals surface area contributed by atoms with Gasteiger partial charge in [-0.3, -0.25) is 33.8 Å². The molecule has 52 heavy (non-hydrogen) atoms. The van der Waals surface area contributed by atoms with Crippen molar-refractivity contribution in [1.29, 1.82) is 0 Å². The zero-order chi connectivity index (χ0) is 37.9. The number of carboxylic acid groups (broad SMARTS) is 1. The Morgan fingerprint density at radius 1 is 1.04 bits per heavy atom. The molecule has 3 atom stereocenters. The number of carbonyl (C=O) groups excluding carboxylic acids is 6. The lowest BCUT2D eigenvalue weighted by atomic mass is 10.0. The lowest BCUT2D eigenvalue weighted by molar-refractivity contribution is -0.151. The molecular formula is C32H30N6O11S3. The highest BCUT2D eigenvalue weighted by Gasteiger charge is 2.54. The third-order valence-corrected chi connectivity index (χ3v) is 10.9. The Hall–Kier alpha value is -5.47. The summed E-state index contributed by atoms with van der Waals surface area (Å²) in [6.45, 7) is 4.03. The lowest BCUT2D eigenvalue weighted by Gasteiger charge is -2.49. The van der Waals surface area contributed by atoms with Crippen LogP contribution < -0.4 is 20.1 Å². The highest BCUT2D eigenvalue weighted by molar-refractivity contribution is 8.01. The number of aryl methyl sites for hydroxylation is 1. The minimum atomic E-state index is -1.49. The standard InChI is InChI=1S/C32H30N6O11S3/c1-14-35-36-32(52-14)51-13-19-12-50-29-24(28(44)38(29)25(19)30(45)46)33-26(42)23(17-5-8-20(41)9-6-17)34-31(47)37(4)27(43)18-7-10-21(48-15(2)39)22(11-18)49-16(3)40/h5-11,23-24,29,41H,12-13H2,1-4H3,(H,33,42)(H,34,47)(H,45,46)/t23?,24?,29-/m0/s1. The van der Waals surface area contributed by atoms with Crippen LogP contribution in [0.4, 0.5) is 4.79 Å². The maximum Gasteiger partial charge on any atom is 0.352 e. The maximum absolute atomic E-state index is 13.8. The third-order valence-electron chi connectivity index (χ3n) is 7.49. The van der Waals surface area contributed by atoms with E-state index in [0.717, 1.165) is 36.9 Å². The van der Waals surface area contributed by atoms with Gasteiger partial charge < -0.3 is 30.3 Å². The number of phenolic OH excluding ortho intramolecular Hbond substituents is 1. The summed E-state index contributed by atoms with van der Waals surface area (Å²) < 4.78 is 10.7. The van der Waals surface area contributed by atoms with Crippen molar-refractivity contribution in [3.05, 3.63) is 69.9 Å². The van der Waals surface area contributed by atoms with Crippen LogP contribution in [-0.4, -0.2) is 102 Å². The quantitative estimate of drug-likeness (QED) is 0.0949. The number of ether oxygens (including phenoxy) is 2. The van der Waals surface area contributed by atoms with Gasteiger partial charge in [-0.2, -0.15) is 0 Å². The van der Waals surface area contributed by atoms with Gasteiger partial charge in [-0.15, -0.1) is 22.0 Å². The maximum atomic E-state index is 13.8. The Bertz CT molecular complexity index is 2000. The molecule has 2 aliphatic heterocycles. The molecule has 20 heteroatoms. The van der Waals surface area contributed by atoms with Gasteiger partial charge in [0, 0.05) is 38.0 Å². The summed E-state index contributed by atoms with van der Waals surface area (Å²) in [4.78, 5) is 91.1. The van der Waals surface area contributed by atoms with Crippen molar-refractivity contribution in [2.24, 2.45) is 0 Å². The topological polar surface area (TPSA) is 235 Å². The fraction of sp³-hybridized carbons (Fsp3) is 0.281. The van der Waals surface area contributed by atoms with Crippen molar-refractivity contribution < 1.29 is 53.2 Å². The number of carboxylic acids is 1. The first kappa shape index (κ1) is 37.8. The van der Waals surface area contributed by atoms with Gasteiger partial charge in [0.25, 0.3) is 11.8 Å². The normalized spacial score (nSPS) is 16.9. The number of urea groups is 1. The summed E-state index contributed by atoms with van der Waals surface area (Å²) in [7, 11) is 1.13. The molecule has 0 radical (unpaired) electrons. The molecule has 1 fully saturated rings. The Labute approximate surface area is 307 Å². The fourth-order valence-corrected chi connectivity index (χ4v) is 8.41. The molecule has 1 aromatic heterocycles. The van der Waals surface area contributed by atoms with Crippen LogP contribution in [0, 0.1) is 6.92 Å². The summed E-state index contributed by atoms with van der Waals surface area (Å²) in [5.41, 5.74) is 0.384. The van der Waals surface area contributed by atoms with Gasteiger partial charge in [-0.25, -0.2) is 9.59 Å². The smallest absolute Gasteiger partial charge is 0.352 e. The van der Waals surface area contributed by atoms with Crippen molar-refractivity contribution in [3.8, 4) is 17.2 Å². The van der Waals surface area contributed by atoms with E-state index in [9.17, 15) is 43.8 Å². The van der Waals surface area contributed by atoms with Crippen LogP contribution in [-0.2, 0) is 24.0 Å². The Kier molecular flexibility index (Phi) is 11.5. The number of benzene rings is 2. The van der Waals surface area contributed by atoms with Gasteiger partial charge in [-0.05, 0) is 48.4 Å². The average molecular weight is 771 g/mol. The van der Waals surface area contributed by atoms with E-state index in [0.29, 0.717) is 14.8 Å². The first-order valence-electron chi connectivity index (χ1n) is 15.2. The van der Waals surface area contributed by atoms with Gasteiger partial charge in [0.2, 0.25) is 5.91 Å². The van der Waals surface area contributed by atoms with E-state index in [2.05, 4.69) is 20.8 Å². The van der Waals surface area contributed by atoms with Crippen LogP contribution in [0.2, 0.25) is 0 Å². The molecule has 0 saturated carbocycles. The molecule has 17 nitrogen and oxygen atoms in total. The molecule has 2 aliphatic rings. The summed E-state index contributed by atoms with van der Waals surface area (Å²) in [6, 6.07) is 5.14. The van der Waals surface area contributed by atoms with Crippen LogP contribution >= 0.6 is 34.9 Å². The summed E-state index contributed by atoms with van der Waals surface area (Å²) in [6.07, 6.45) is 0. The summed E-state index contributed by atoms with van der Waals surface area (Å²) in [5.74, 6) is -5.17. The number of fused-ring (bicyclic) bond motifs is 1. The monoisotopic (exact) mass is 770 g/mol. The van der Waals surface area contributed by atoms with E-state index in [4.69, 9.17) is 9.47 Å². The van der Waals surface area contributed by atoms with Crippen LogP contribution in [0.25, 0.3) is 0 Å². The molecule has 0 aliphatic carbocycles. The number of aromatic hydroxyl groups is 1. The van der Waals surface area contributed by atoms with Crippen LogP contribution in [0.1, 0.15) is 40.8 Å². The predicted octanol–water partition coefficient (Wildman–Crippen LogP) is 2.46. The van der Waals surface area contributed by atoms with E-state index in [1.165, 1.54) is 71.3 Å². The van der Waals surface area contributed by atoms with Crippen LogP contribution in [0.5, 0.6) is 17.2 Å². The number of hydrogen-bond acceptors (Lipinski definition) is 15. The number of nitrogens with zero attached hydrogens (tertiary/aromatic N) is 4. The van der Waals surface area contributed by atoms with E-state index < -0.39 is 59.1 Å². The first-order chi connectivity index (χ1) is 24.6. The van der Waals surface area contributed by atoms with Crippen molar-refractivity contribution in [1.82, 2.24) is 30.6 Å². The summed E-state index contributed by atoms with van der Waals surface area (Å²) in [5, 5.41) is 32.9. The molecular weight excluding hydrogens is 741 g/mol. The number of hydrogen-bond donors (Lipinski definition) is 4. The van der Waals surface area contributed by atoms with E-state index in [1.807, 2.05) is 0 Å². The molecule has 3 aromatic rings. The number of carbonyl (C=O) groups is 7. The molecule has 2 unspecified atom stereocenters. The number of aliphatic carboxylic acids is 1. The van der Waals surface area contributed by atoms with Crippen molar-refractivity contribution in [3.63, 3.8) is 0 Å². The van der Waals surface area contributed by atoms with Gasteiger partial charge >= 0.3 is 23.9 Å². The molecule has 1 saturated heterocycles. The summed E-state index contributed by atoms with van der Waals surface area (Å²) >= 11 is 3.93. The lowest BCUT2D eigenvalue weighted by Crippen LogP contribution is -2.71. The highest BCUT2D eigenvalue weighted by Crippen LogP contribution is 2.42. The second kappa shape index (κ2) is 15.8. The highest BCUT2D eigenvalue weighted by atomic mass is 32.2. The van der Waals surface area contributed by atoms with E-state index >= 15 is 0 Å². The number of imide groups is 1. The molecule has 5 rings (SSSR count). The molecule has 0 spiro atoms. The molecule has 3 heterocycles. The Morgan fingerprint density at radius 3 is 2.33 bits per heavy atom. The minimum Gasteiger partial charge on any atom is -0.508 e. The zero-order valence-electron chi connectivity index (χ0n) is 27.8. The molecule has 0 bridgehead atoms. The number of rotatable bonds is 11.